The molecule has 1 saturated carbocycles. The van der Waals surface area contributed by atoms with Crippen LogP contribution in [0, 0.1) is 11.3 Å². The highest BCUT2D eigenvalue weighted by atomic mass is 16.4. The summed E-state index contributed by atoms with van der Waals surface area (Å²) in [6.45, 7) is 3.99. The van der Waals surface area contributed by atoms with E-state index in [9.17, 15) is 14.7 Å². The van der Waals surface area contributed by atoms with Gasteiger partial charge in [-0.3, -0.25) is 9.59 Å². The van der Waals surface area contributed by atoms with Crippen molar-refractivity contribution in [3.63, 3.8) is 0 Å². The Kier molecular flexibility index (Phi) is 5.63. The predicted molar refractivity (Wildman–Crippen MR) is 70.2 cm³/mol. The molecule has 0 aliphatic heterocycles. The Morgan fingerprint density at radius 1 is 1.17 bits per heavy atom. The number of hydrogen-bond donors (Lipinski definition) is 2. The minimum atomic E-state index is -0.809. The number of carboxylic acids is 1. The predicted octanol–water partition coefficient (Wildman–Crippen LogP) is 2.57. The number of aliphatic carboxylic acids is 1. The maximum absolute atomic E-state index is 12.0. The molecule has 4 heteroatoms. The van der Waals surface area contributed by atoms with Crippen LogP contribution < -0.4 is 5.32 Å². The minimum absolute atomic E-state index is 0.0437. The van der Waals surface area contributed by atoms with Crippen LogP contribution in [-0.2, 0) is 9.59 Å². The Labute approximate surface area is 109 Å². The number of carbonyl (C=O) groups is 2. The van der Waals surface area contributed by atoms with E-state index in [2.05, 4.69) is 5.32 Å². The van der Waals surface area contributed by atoms with Gasteiger partial charge in [-0.25, -0.2) is 0 Å². The molecule has 18 heavy (non-hydrogen) atoms. The molecule has 0 spiro atoms. The molecular formula is C14H25NO3. The number of amides is 1. The Hall–Kier alpha value is -1.06. The molecule has 1 amide bonds. The first kappa shape index (κ1) is 15.0. The maximum atomic E-state index is 12.0. The third-order valence-corrected chi connectivity index (χ3v) is 4.38. The summed E-state index contributed by atoms with van der Waals surface area (Å²) in [5, 5.41) is 12.2. The van der Waals surface area contributed by atoms with Gasteiger partial charge in [-0.2, -0.15) is 0 Å². The highest BCUT2D eigenvalue weighted by Crippen LogP contribution is 2.27. The summed E-state index contributed by atoms with van der Waals surface area (Å²) in [6.07, 6.45) is 6.43. The van der Waals surface area contributed by atoms with E-state index in [0.717, 1.165) is 25.7 Å². The van der Waals surface area contributed by atoms with Gasteiger partial charge in [0.15, 0.2) is 0 Å². The van der Waals surface area contributed by atoms with Crippen molar-refractivity contribution in [1.82, 2.24) is 5.32 Å². The number of carbonyl (C=O) groups excluding carboxylic acids is 1. The monoisotopic (exact) mass is 255 g/mol. The fourth-order valence-corrected chi connectivity index (χ4v) is 2.64. The van der Waals surface area contributed by atoms with Gasteiger partial charge in [-0.15, -0.1) is 0 Å². The summed E-state index contributed by atoms with van der Waals surface area (Å²) in [5.41, 5.74) is -0.801. The van der Waals surface area contributed by atoms with E-state index < -0.39 is 11.4 Å². The van der Waals surface area contributed by atoms with Crippen molar-refractivity contribution < 1.29 is 14.7 Å². The van der Waals surface area contributed by atoms with Gasteiger partial charge in [-0.1, -0.05) is 33.1 Å². The van der Waals surface area contributed by atoms with Gasteiger partial charge in [0, 0.05) is 12.5 Å². The Bertz CT molecular complexity index is 291. The molecule has 4 nitrogen and oxygen atoms in total. The lowest BCUT2D eigenvalue weighted by atomic mass is 9.82. The van der Waals surface area contributed by atoms with Gasteiger partial charge in [0.2, 0.25) is 5.91 Å². The molecule has 1 aliphatic rings. The van der Waals surface area contributed by atoms with Crippen molar-refractivity contribution in [1.29, 1.82) is 0 Å². The molecule has 0 aromatic rings. The first-order chi connectivity index (χ1) is 8.55. The molecule has 0 heterocycles. The van der Waals surface area contributed by atoms with Gasteiger partial charge >= 0.3 is 5.97 Å². The van der Waals surface area contributed by atoms with Crippen LogP contribution in [0.15, 0.2) is 0 Å². The molecular weight excluding hydrogens is 230 g/mol. The van der Waals surface area contributed by atoms with Gasteiger partial charge in [-0.05, 0) is 25.7 Å². The Morgan fingerprint density at radius 3 is 2.17 bits per heavy atom. The molecule has 0 aromatic carbocycles. The summed E-state index contributed by atoms with van der Waals surface area (Å²) >= 11 is 0. The molecule has 2 N–H and O–H groups in total. The van der Waals surface area contributed by atoms with Crippen LogP contribution in [0.25, 0.3) is 0 Å². The second-order valence-electron chi connectivity index (χ2n) is 5.35. The zero-order valence-electron chi connectivity index (χ0n) is 11.5. The SMILES string of the molecule is CCC(CC)(CNC(=O)C1CCCCC1)C(=O)O. The third-order valence-electron chi connectivity index (χ3n) is 4.38. The van der Waals surface area contributed by atoms with Crippen LogP contribution in [0.2, 0.25) is 0 Å². The molecule has 0 atom stereocenters. The van der Waals surface area contributed by atoms with E-state index in [4.69, 9.17) is 0 Å². The zero-order valence-corrected chi connectivity index (χ0v) is 11.5. The van der Waals surface area contributed by atoms with Crippen molar-refractivity contribution in [3.8, 4) is 0 Å². The van der Waals surface area contributed by atoms with Crippen LogP contribution in [-0.4, -0.2) is 23.5 Å². The van der Waals surface area contributed by atoms with Crippen molar-refractivity contribution >= 4 is 11.9 Å². The van der Waals surface area contributed by atoms with Crippen molar-refractivity contribution in [3.05, 3.63) is 0 Å². The lowest BCUT2D eigenvalue weighted by Gasteiger charge is -2.28. The standard InChI is InChI=1S/C14H25NO3/c1-3-14(4-2,13(17)18)10-15-12(16)11-8-6-5-7-9-11/h11H,3-10H2,1-2H3,(H,15,16)(H,17,18). The molecule has 1 aliphatic carbocycles. The van der Waals surface area contributed by atoms with Gasteiger partial charge in [0.05, 0.1) is 5.41 Å². The van der Waals surface area contributed by atoms with E-state index in [1.54, 1.807) is 0 Å². The average Bonchev–Trinajstić information content (AvgIpc) is 2.41. The Morgan fingerprint density at radius 2 is 1.72 bits per heavy atom. The molecule has 0 aromatic heterocycles. The maximum Gasteiger partial charge on any atom is 0.311 e. The van der Waals surface area contributed by atoms with E-state index in [0.29, 0.717) is 12.8 Å². The molecule has 104 valence electrons. The first-order valence-corrected chi connectivity index (χ1v) is 7.07. The van der Waals surface area contributed by atoms with Crippen LogP contribution in [0.4, 0.5) is 0 Å². The van der Waals surface area contributed by atoms with E-state index in [1.165, 1.54) is 6.42 Å². The number of rotatable bonds is 6. The van der Waals surface area contributed by atoms with Crippen LogP contribution >= 0.6 is 0 Å². The molecule has 1 rings (SSSR count). The highest BCUT2D eigenvalue weighted by molar-refractivity contribution is 5.80. The zero-order chi connectivity index (χ0) is 13.6. The highest BCUT2D eigenvalue weighted by Gasteiger charge is 2.35. The average molecular weight is 255 g/mol. The van der Waals surface area contributed by atoms with E-state index >= 15 is 0 Å². The summed E-state index contributed by atoms with van der Waals surface area (Å²) in [5.74, 6) is -0.669. The summed E-state index contributed by atoms with van der Waals surface area (Å²) in [4.78, 5) is 23.3. The molecule has 0 bridgehead atoms. The number of carboxylic acid groups (broad SMARTS) is 1. The second kappa shape index (κ2) is 6.76. The Balaban J connectivity index is 2.51. The molecule has 0 unspecified atom stereocenters. The van der Waals surface area contributed by atoms with Crippen LogP contribution in [0.5, 0.6) is 0 Å². The summed E-state index contributed by atoms with van der Waals surface area (Å²) in [6, 6.07) is 0. The third kappa shape index (κ3) is 3.47. The van der Waals surface area contributed by atoms with E-state index in [-0.39, 0.29) is 18.4 Å². The number of hydrogen-bond acceptors (Lipinski definition) is 2. The molecule has 0 radical (unpaired) electrons. The first-order valence-electron chi connectivity index (χ1n) is 7.07. The van der Waals surface area contributed by atoms with Gasteiger partial charge in [0.1, 0.15) is 0 Å². The minimum Gasteiger partial charge on any atom is -0.481 e. The summed E-state index contributed by atoms with van der Waals surface area (Å²) < 4.78 is 0. The molecule has 1 fully saturated rings. The van der Waals surface area contributed by atoms with Crippen molar-refractivity contribution in [2.24, 2.45) is 11.3 Å². The summed E-state index contributed by atoms with van der Waals surface area (Å²) in [7, 11) is 0. The van der Waals surface area contributed by atoms with E-state index in [1.807, 2.05) is 13.8 Å². The lowest BCUT2D eigenvalue weighted by molar-refractivity contribution is -0.149. The van der Waals surface area contributed by atoms with Crippen LogP contribution in [0.1, 0.15) is 58.8 Å². The van der Waals surface area contributed by atoms with Crippen molar-refractivity contribution in [2.45, 2.75) is 58.8 Å². The van der Waals surface area contributed by atoms with Gasteiger partial charge < -0.3 is 10.4 Å². The smallest absolute Gasteiger partial charge is 0.311 e. The number of nitrogens with one attached hydrogen (secondary N) is 1. The normalized spacial score (nSPS) is 17.4. The topological polar surface area (TPSA) is 66.4 Å². The largest absolute Gasteiger partial charge is 0.481 e. The van der Waals surface area contributed by atoms with Crippen LogP contribution in [0.3, 0.4) is 0 Å². The van der Waals surface area contributed by atoms with Crippen molar-refractivity contribution in [2.75, 3.05) is 6.54 Å². The quantitative estimate of drug-likeness (QED) is 0.766. The van der Waals surface area contributed by atoms with Gasteiger partial charge in [0.25, 0.3) is 0 Å². The fourth-order valence-electron chi connectivity index (χ4n) is 2.64. The molecule has 0 saturated heterocycles. The second-order valence-corrected chi connectivity index (χ2v) is 5.35. The lowest BCUT2D eigenvalue weighted by Crippen LogP contribution is -2.44. The fraction of sp³-hybridized carbons (Fsp3) is 0.857.